The van der Waals surface area contributed by atoms with E-state index in [1.165, 1.54) is 28.8 Å². The Morgan fingerprint density at radius 3 is 1.67 bits per heavy atom. The molecule has 0 atom stereocenters. The topological polar surface area (TPSA) is 58.4 Å². The molecular weight excluding hydrogens is 711 g/mol. The summed E-state index contributed by atoms with van der Waals surface area (Å²) in [6, 6.07) is 4.74. The highest BCUT2D eigenvalue weighted by atomic mass is 28.3. The second-order valence-corrected chi connectivity index (χ2v) is 16.2. The number of para-hydroxylation sites is 4. The Morgan fingerprint density at radius 2 is 1.02 bits per heavy atom. The molecule has 8 aromatic carbocycles. The first-order chi connectivity index (χ1) is 37.3. The number of aromatic nitrogens is 2. The van der Waals surface area contributed by atoms with Crippen molar-refractivity contribution in [2.45, 2.75) is 0 Å². The average molecular weight is 770 g/mol. The third-order valence-electron chi connectivity index (χ3n) is 9.60. The molecule has 0 aliphatic heterocycles. The van der Waals surface area contributed by atoms with E-state index in [0.29, 0.717) is 0 Å². The van der Waals surface area contributed by atoms with Gasteiger partial charge in [-0.3, -0.25) is 14.5 Å². The predicted octanol–water partition coefficient (Wildman–Crippen LogP) is 9.09. The predicted molar refractivity (Wildman–Crippen MR) is 242 cm³/mol. The molecule has 270 valence electrons. The van der Waals surface area contributed by atoms with Gasteiger partial charge in [0.25, 0.3) is 0 Å². The molecule has 0 amide bonds. The molecule has 6 heteroatoms. The third-order valence-corrected chi connectivity index (χ3v) is 14.0. The monoisotopic (exact) mass is 769 g/mol. The number of benzene rings is 8. The lowest BCUT2D eigenvalue weighted by Gasteiger charge is -2.34. The molecule has 0 aliphatic rings. The fraction of sp³-hybridized carbons (Fsp3) is 0. The van der Waals surface area contributed by atoms with Crippen LogP contribution in [0.4, 0.5) is 0 Å². The van der Waals surface area contributed by atoms with Crippen LogP contribution < -0.4 is 20.7 Å². The lowest BCUT2D eigenvalue weighted by molar-refractivity contribution is 1.21. The maximum Gasteiger partial charge on any atom is 0.238 e. The van der Waals surface area contributed by atoms with Crippen LogP contribution in [0.3, 0.4) is 0 Å². The van der Waals surface area contributed by atoms with Crippen LogP contribution in [-0.2, 0) is 0 Å². The van der Waals surface area contributed by atoms with Crippen molar-refractivity contribution in [3.63, 3.8) is 0 Å². The number of amidine groups is 1. The number of aliphatic imine (C=N–C) groups is 2. The Morgan fingerprint density at radius 1 is 0.491 bits per heavy atom. The van der Waals surface area contributed by atoms with E-state index in [9.17, 15) is 12.3 Å². The Hall–Kier alpha value is -7.41. The number of rotatable bonds is 6. The van der Waals surface area contributed by atoms with Gasteiger partial charge in [0.05, 0.1) is 52.2 Å². The molecule has 0 bridgehead atoms. The summed E-state index contributed by atoms with van der Waals surface area (Å²) in [4.78, 5) is 9.40. The van der Waals surface area contributed by atoms with Gasteiger partial charge in [0.2, 0.25) is 5.96 Å². The molecule has 0 aliphatic carbocycles. The number of hydrogen-bond donors (Lipinski definition) is 1. The second-order valence-electron chi connectivity index (χ2n) is 12.6. The van der Waals surface area contributed by atoms with Crippen LogP contribution in [0.5, 0.6) is 0 Å². The van der Waals surface area contributed by atoms with Gasteiger partial charge in [-0.05, 0) is 44.9 Å². The number of nitrogens with zero attached hydrogens (tertiary/aromatic N) is 4. The summed E-state index contributed by atoms with van der Waals surface area (Å²) in [5.74, 6) is -1.23. The van der Waals surface area contributed by atoms with Gasteiger partial charge in [0.1, 0.15) is 6.34 Å². The summed E-state index contributed by atoms with van der Waals surface area (Å²) < 4.78 is 198. The van der Waals surface area contributed by atoms with E-state index in [1.807, 2.05) is 0 Å². The van der Waals surface area contributed by atoms with Crippen molar-refractivity contribution in [2.24, 2.45) is 9.98 Å². The molecule has 5 nitrogen and oxygen atoms in total. The Bertz CT molecular complexity index is 4230. The number of nitrogens with one attached hydrogen (secondary N) is 1. The SMILES string of the molecule is [2H]c1c([2H])c([2H])c([Si](c2ccccc2)(c2cccc(C(=N)N=C(/N=C/n3c4c([2H])c([2H])c([2H])c([2H])c4c4c([2H])c([2H])c([2H])c([2H])c43)n3c4ccccc4c4c([2H])c([2H])c([2H])c([2H])c43)c2)c2c([2H])c([2H])c([2H])c([2H])c2[2H])c([2H])c1[2H]. The van der Waals surface area contributed by atoms with Crippen LogP contribution in [-0.4, -0.2) is 35.3 Å². The van der Waals surface area contributed by atoms with Crippen LogP contribution >= 0.6 is 0 Å². The highest BCUT2D eigenvalue weighted by Crippen LogP contribution is 2.30. The molecule has 57 heavy (non-hydrogen) atoms. The summed E-state index contributed by atoms with van der Waals surface area (Å²) in [5.41, 5.74) is -0.781. The first-order valence-electron chi connectivity index (χ1n) is 28.4. The van der Waals surface area contributed by atoms with Crippen molar-refractivity contribution in [3.05, 3.63) is 217 Å². The summed E-state index contributed by atoms with van der Waals surface area (Å²) in [5, 5.41) is 9.08. The van der Waals surface area contributed by atoms with E-state index in [2.05, 4.69) is 0 Å². The van der Waals surface area contributed by atoms with Gasteiger partial charge in [0, 0.05) is 27.1 Å². The van der Waals surface area contributed by atoms with Gasteiger partial charge in [-0.1, -0.05) is 188 Å². The van der Waals surface area contributed by atoms with Crippen molar-refractivity contribution in [3.8, 4) is 0 Å². The van der Waals surface area contributed by atoms with Gasteiger partial charge in [-0.2, -0.15) is 4.99 Å². The molecule has 0 saturated carbocycles. The van der Waals surface area contributed by atoms with E-state index < -0.39 is 153 Å². The van der Waals surface area contributed by atoms with Crippen molar-refractivity contribution in [1.82, 2.24) is 9.13 Å². The molecule has 2 aromatic heterocycles. The van der Waals surface area contributed by atoms with E-state index in [0.717, 1.165) is 10.9 Å². The zero-order valence-corrected chi connectivity index (χ0v) is 30.4. The first-order valence-corrected chi connectivity index (χ1v) is 19.4. The van der Waals surface area contributed by atoms with Gasteiger partial charge in [0.15, 0.2) is 13.9 Å². The van der Waals surface area contributed by atoms with Crippen molar-refractivity contribution in [2.75, 3.05) is 0 Å². The zero-order valence-electron chi connectivity index (χ0n) is 51.4. The van der Waals surface area contributed by atoms with Gasteiger partial charge < -0.3 is 0 Å². The molecule has 0 spiro atoms. The quantitative estimate of drug-likeness (QED) is 0.0760. The highest BCUT2D eigenvalue weighted by Gasteiger charge is 2.41. The number of hydrogen-bond acceptors (Lipinski definition) is 1. The molecule has 0 unspecified atom stereocenters. The van der Waals surface area contributed by atoms with Crippen LogP contribution in [0.15, 0.2) is 222 Å². The fourth-order valence-electron chi connectivity index (χ4n) is 7.18. The van der Waals surface area contributed by atoms with Crippen LogP contribution in [0.2, 0.25) is 0 Å². The minimum Gasteiger partial charge on any atom is -0.300 e. The smallest absolute Gasteiger partial charge is 0.238 e. The Balaban J connectivity index is 1.33. The van der Waals surface area contributed by atoms with Crippen LogP contribution in [0.25, 0.3) is 43.6 Å². The minimum atomic E-state index is -4.85. The molecule has 0 saturated heterocycles. The number of fused-ring (bicyclic) bond motifs is 6. The largest absolute Gasteiger partial charge is 0.300 e. The maximum atomic E-state index is 9.84. The van der Waals surface area contributed by atoms with Crippen molar-refractivity contribution in [1.29, 1.82) is 5.41 Å². The third kappa shape index (κ3) is 5.74. The molecule has 1 N–H and O–H groups in total. The average Bonchev–Trinajstić information content (AvgIpc) is 4.24. The minimum absolute atomic E-state index is 0.00834. The van der Waals surface area contributed by atoms with Gasteiger partial charge >= 0.3 is 0 Å². The zero-order chi connectivity index (χ0) is 57.3. The molecule has 10 rings (SSSR count). The van der Waals surface area contributed by atoms with E-state index >= 15 is 0 Å². The van der Waals surface area contributed by atoms with Crippen molar-refractivity contribution < 1.29 is 30.2 Å². The molecule has 0 fully saturated rings. The summed E-state index contributed by atoms with van der Waals surface area (Å²) in [6.45, 7) is 0. The molecule has 10 aromatic rings. The maximum absolute atomic E-state index is 9.84. The van der Waals surface area contributed by atoms with Crippen LogP contribution in [0.1, 0.15) is 35.7 Å². The van der Waals surface area contributed by atoms with E-state index in [-0.39, 0.29) is 69.9 Å². The van der Waals surface area contributed by atoms with E-state index in [4.69, 9.17) is 33.3 Å². The summed E-state index contributed by atoms with van der Waals surface area (Å²) in [6.07, 6.45) is 0.949. The lowest BCUT2D eigenvalue weighted by atomic mass is 10.2. The summed E-state index contributed by atoms with van der Waals surface area (Å²) >= 11 is 0. The van der Waals surface area contributed by atoms with Gasteiger partial charge in [-0.15, -0.1) is 0 Å². The van der Waals surface area contributed by atoms with Gasteiger partial charge in [-0.25, -0.2) is 4.99 Å². The fourth-order valence-corrected chi connectivity index (χ4v) is 11.3. The van der Waals surface area contributed by atoms with Crippen molar-refractivity contribution >= 4 is 90.6 Å². The Labute approximate surface area is 362 Å². The standard InChI is InChI=1S/C51H37N5Si/c52-50(37-19-18-26-41(35-37)57(38-20-4-1-5-21-38,39-22-6-2-7-23-39)40-24-8-3-9-25-40)54-51(56-48-33-16-12-29-44(48)45-30-13-17-34-49(45)56)53-36-55-46-31-14-10-27-42(46)43-28-11-15-32-47(43)55/h1-36,52H/b52-50?,53-36+,54-51?/i1D,2D,4D,5D,6D,7D,10D,11D,12D,14D,15D,16D,20D,21D,22D,23D,27D,28D,29D,31D,32D,33D. The highest BCUT2D eigenvalue weighted by molar-refractivity contribution is 7.19. The summed E-state index contributed by atoms with van der Waals surface area (Å²) in [7, 11) is -4.85. The molecule has 2 heterocycles. The molecular formula is C51H37N5Si. The normalized spacial score (nSPS) is 17.7. The Kier molecular flexibility index (Phi) is 4.54. The second kappa shape index (κ2) is 14.3. The first kappa shape index (κ1) is 18.0. The van der Waals surface area contributed by atoms with Crippen LogP contribution in [0, 0.1) is 5.41 Å². The molecule has 0 radical (unpaired) electrons. The lowest BCUT2D eigenvalue weighted by Crippen LogP contribution is -2.74. The van der Waals surface area contributed by atoms with E-state index in [1.54, 1.807) is 54.6 Å².